The Bertz CT molecular complexity index is 338. The van der Waals surface area contributed by atoms with E-state index < -0.39 is 0 Å². The third kappa shape index (κ3) is 3.96. The normalized spacial score (nSPS) is 10.1. The molecular formula is C12H17NOS. The van der Waals surface area contributed by atoms with Gasteiger partial charge in [0.1, 0.15) is 0 Å². The summed E-state index contributed by atoms with van der Waals surface area (Å²) < 4.78 is 0. The van der Waals surface area contributed by atoms with Gasteiger partial charge < -0.3 is 4.90 Å². The van der Waals surface area contributed by atoms with Crippen LogP contribution in [0.4, 0.5) is 0 Å². The molecule has 0 spiro atoms. The number of hydrogen-bond acceptors (Lipinski definition) is 2. The predicted molar refractivity (Wildman–Crippen MR) is 66.4 cm³/mol. The number of benzene rings is 1. The molecule has 0 heterocycles. The first-order valence-electron chi connectivity index (χ1n) is 5.04. The van der Waals surface area contributed by atoms with Gasteiger partial charge in [-0.25, -0.2) is 0 Å². The zero-order valence-corrected chi connectivity index (χ0v) is 10.1. The molecule has 0 atom stereocenters. The summed E-state index contributed by atoms with van der Waals surface area (Å²) >= 11 is 3.96. The van der Waals surface area contributed by atoms with Crippen molar-refractivity contribution >= 4 is 18.5 Å². The average Bonchev–Trinajstić information content (AvgIpc) is 2.25. The molecule has 1 aromatic rings. The third-order valence-electron chi connectivity index (χ3n) is 2.38. The maximum Gasteiger partial charge on any atom is 0.232 e. The molecule has 82 valence electrons. The van der Waals surface area contributed by atoms with Crippen molar-refractivity contribution in [3.63, 3.8) is 0 Å². The van der Waals surface area contributed by atoms with Crippen LogP contribution in [0.3, 0.4) is 0 Å². The Balaban J connectivity index is 2.47. The molecule has 0 unspecified atom stereocenters. The van der Waals surface area contributed by atoms with Crippen molar-refractivity contribution in [2.24, 2.45) is 0 Å². The second-order valence-corrected chi connectivity index (χ2v) is 4.03. The van der Waals surface area contributed by atoms with E-state index in [1.165, 1.54) is 11.1 Å². The lowest BCUT2D eigenvalue weighted by atomic mass is 10.1. The van der Waals surface area contributed by atoms with Crippen LogP contribution in [-0.2, 0) is 11.2 Å². The van der Waals surface area contributed by atoms with Crippen LogP contribution in [0.2, 0.25) is 0 Å². The van der Waals surface area contributed by atoms with Crippen molar-refractivity contribution in [3.05, 3.63) is 35.4 Å². The molecule has 2 nitrogen and oxygen atoms in total. The Morgan fingerprint density at radius 2 is 2.20 bits per heavy atom. The molecule has 15 heavy (non-hydrogen) atoms. The van der Waals surface area contributed by atoms with E-state index in [2.05, 4.69) is 37.8 Å². The minimum atomic E-state index is 0.0750. The van der Waals surface area contributed by atoms with Crippen molar-refractivity contribution in [2.75, 3.05) is 19.3 Å². The fraction of sp³-hybridized carbons (Fsp3) is 0.417. The predicted octanol–water partition coefficient (Wildman–Crippen LogP) is 1.93. The second-order valence-electron chi connectivity index (χ2n) is 3.71. The Kier molecular flexibility index (Phi) is 4.69. The van der Waals surface area contributed by atoms with Crippen LogP contribution < -0.4 is 0 Å². The van der Waals surface area contributed by atoms with Gasteiger partial charge in [-0.3, -0.25) is 4.79 Å². The number of aryl methyl sites for hydroxylation is 1. The molecule has 0 aliphatic heterocycles. The summed E-state index contributed by atoms with van der Waals surface area (Å²) in [5, 5.41) is 0. The van der Waals surface area contributed by atoms with E-state index in [1.54, 1.807) is 4.90 Å². The van der Waals surface area contributed by atoms with Gasteiger partial charge in [-0.1, -0.05) is 29.8 Å². The minimum Gasteiger partial charge on any atom is -0.345 e. The highest BCUT2D eigenvalue weighted by molar-refractivity contribution is 7.81. The van der Waals surface area contributed by atoms with E-state index in [-0.39, 0.29) is 11.7 Å². The molecule has 1 aromatic carbocycles. The molecule has 0 aliphatic carbocycles. The van der Waals surface area contributed by atoms with Crippen molar-refractivity contribution in [2.45, 2.75) is 13.3 Å². The van der Waals surface area contributed by atoms with Crippen LogP contribution >= 0.6 is 12.6 Å². The van der Waals surface area contributed by atoms with Gasteiger partial charge in [0.15, 0.2) is 0 Å². The molecule has 0 fully saturated rings. The van der Waals surface area contributed by atoms with Gasteiger partial charge in [-0.15, -0.1) is 0 Å². The molecule has 0 N–H and O–H groups in total. The second kappa shape index (κ2) is 5.81. The highest BCUT2D eigenvalue weighted by Gasteiger charge is 2.05. The van der Waals surface area contributed by atoms with Crippen LogP contribution in [0.1, 0.15) is 11.1 Å². The van der Waals surface area contributed by atoms with Gasteiger partial charge in [-0.2, -0.15) is 12.6 Å². The Morgan fingerprint density at radius 1 is 1.47 bits per heavy atom. The van der Waals surface area contributed by atoms with Gasteiger partial charge in [0.2, 0.25) is 5.91 Å². The van der Waals surface area contributed by atoms with Gasteiger partial charge in [-0.05, 0) is 18.9 Å². The summed E-state index contributed by atoms with van der Waals surface area (Å²) in [6.45, 7) is 2.83. The topological polar surface area (TPSA) is 20.3 Å². The summed E-state index contributed by atoms with van der Waals surface area (Å²) in [5.41, 5.74) is 2.53. The molecular weight excluding hydrogens is 206 g/mol. The number of amides is 1. The standard InChI is InChI=1S/C12H17NOS/c1-10-4-3-5-11(8-10)6-7-13(2)12(14)9-15/h3-5,8,15H,6-7,9H2,1-2H3. The highest BCUT2D eigenvalue weighted by Crippen LogP contribution is 2.05. The SMILES string of the molecule is Cc1cccc(CCN(C)C(=O)CS)c1. The largest absolute Gasteiger partial charge is 0.345 e. The maximum atomic E-state index is 11.2. The van der Waals surface area contributed by atoms with E-state index in [9.17, 15) is 4.79 Å². The Hall–Kier alpha value is -0.960. The number of likely N-dealkylation sites (N-methyl/N-ethyl adjacent to an activating group) is 1. The Labute approximate surface area is 96.7 Å². The first kappa shape index (κ1) is 12.1. The summed E-state index contributed by atoms with van der Waals surface area (Å²) in [7, 11) is 1.81. The first-order chi connectivity index (χ1) is 7.13. The molecule has 0 aromatic heterocycles. The van der Waals surface area contributed by atoms with Gasteiger partial charge >= 0.3 is 0 Å². The van der Waals surface area contributed by atoms with E-state index in [4.69, 9.17) is 0 Å². The summed E-state index contributed by atoms with van der Waals surface area (Å²) in [4.78, 5) is 13.0. The lowest BCUT2D eigenvalue weighted by Gasteiger charge is -2.15. The van der Waals surface area contributed by atoms with Crippen LogP contribution in [0.5, 0.6) is 0 Å². The fourth-order valence-electron chi connectivity index (χ4n) is 1.41. The van der Waals surface area contributed by atoms with Gasteiger partial charge in [0, 0.05) is 13.6 Å². The average molecular weight is 223 g/mol. The number of carbonyl (C=O) groups is 1. The maximum absolute atomic E-state index is 11.2. The van der Waals surface area contributed by atoms with Gasteiger partial charge in [0.05, 0.1) is 5.75 Å². The zero-order valence-electron chi connectivity index (χ0n) is 9.23. The van der Waals surface area contributed by atoms with Crippen LogP contribution in [-0.4, -0.2) is 30.2 Å². The minimum absolute atomic E-state index is 0.0750. The fourth-order valence-corrected chi connectivity index (χ4v) is 1.65. The summed E-state index contributed by atoms with van der Waals surface area (Å²) in [6.07, 6.45) is 0.900. The van der Waals surface area contributed by atoms with E-state index in [0.29, 0.717) is 0 Å². The first-order valence-corrected chi connectivity index (χ1v) is 5.67. The molecule has 0 aliphatic rings. The van der Waals surface area contributed by atoms with Crippen LogP contribution in [0, 0.1) is 6.92 Å². The molecule has 0 saturated carbocycles. The summed E-state index contributed by atoms with van der Waals surface area (Å²) in [6, 6.07) is 8.36. The smallest absolute Gasteiger partial charge is 0.232 e. The van der Waals surface area contributed by atoms with Gasteiger partial charge in [0.25, 0.3) is 0 Å². The van der Waals surface area contributed by atoms with Crippen molar-refractivity contribution in [3.8, 4) is 0 Å². The third-order valence-corrected chi connectivity index (χ3v) is 2.65. The highest BCUT2D eigenvalue weighted by atomic mass is 32.1. The quantitative estimate of drug-likeness (QED) is 0.773. The Morgan fingerprint density at radius 3 is 2.80 bits per heavy atom. The van der Waals surface area contributed by atoms with E-state index in [0.717, 1.165) is 13.0 Å². The van der Waals surface area contributed by atoms with E-state index >= 15 is 0 Å². The van der Waals surface area contributed by atoms with Crippen molar-refractivity contribution < 1.29 is 4.79 Å². The lowest BCUT2D eigenvalue weighted by molar-refractivity contribution is -0.127. The number of carbonyl (C=O) groups excluding carboxylic acids is 1. The van der Waals surface area contributed by atoms with Crippen molar-refractivity contribution in [1.29, 1.82) is 0 Å². The molecule has 1 amide bonds. The van der Waals surface area contributed by atoms with E-state index in [1.807, 2.05) is 13.1 Å². The van der Waals surface area contributed by atoms with Crippen LogP contribution in [0.15, 0.2) is 24.3 Å². The molecule has 3 heteroatoms. The number of thiol groups is 1. The van der Waals surface area contributed by atoms with Crippen LogP contribution in [0.25, 0.3) is 0 Å². The molecule has 0 saturated heterocycles. The molecule has 0 bridgehead atoms. The lowest BCUT2D eigenvalue weighted by Crippen LogP contribution is -2.29. The number of nitrogens with zero attached hydrogens (tertiary/aromatic N) is 1. The number of rotatable bonds is 4. The number of hydrogen-bond donors (Lipinski definition) is 1. The molecule has 0 radical (unpaired) electrons. The monoisotopic (exact) mass is 223 g/mol. The molecule has 1 rings (SSSR count). The zero-order chi connectivity index (χ0) is 11.3. The summed E-state index contributed by atoms with van der Waals surface area (Å²) in [5.74, 6) is 0.357. The van der Waals surface area contributed by atoms with Crippen molar-refractivity contribution in [1.82, 2.24) is 4.90 Å².